The summed E-state index contributed by atoms with van der Waals surface area (Å²) in [6, 6.07) is 18.4. The number of carboxylic acid groups (broad SMARTS) is 1. The average Bonchev–Trinajstić information content (AvgIpc) is 3.95. The Hall–Kier alpha value is -4.93. The largest absolute Gasteiger partial charge is 0.481 e. The maximum Gasteiger partial charge on any atom is 0.310 e. The molecule has 1 amide bonds. The molecule has 0 unspecified atom stereocenters. The minimum absolute atomic E-state index is 0.0739. The Morgan fingerprint density at radius 2 is 1.75 bits per heavy atom. The smallest absolute Gasteiger partial charge is 0.310 e. The number of thiazole rings is 1. The van der Waals surface area contributed by atoms with Crippen LogP contribution in [0.2, 0.25) is 0 Å². The number of rotatable bonds is 8. The molecular formula is C40H40N6O5S. The van der Waals surface area contributed by atoms with E-state index >= 15 is 0 Å². The van der Waals surface area contributed by atoms with E-state index in [1.54, 1.807) is 18.3 Å². The Labute approximate surface area is 305 Å². The molecule has 0 spiro atoms. The number of aromatic nitrogens is 2. The van der Waals surface area contributed by atoms with E-state index in [2.05, 4.69) is 49.1 Å². The van der Waals surface area contributed by atoms with E-state index in [4.69, 9.17) is 14.4 Å². The monoisotopic (exact) mass is 716 g/mol. The number of aliphatic hydroxyl groups is 1. The fourth-order valence-corrected chi connectivity index (χ4v) is 9.07. The van der Waals surface area contributed by atoms with Crippen LogP contribution >= 0.6 is 11.3 Å². The maximum absolute atomic E-state index is 13.0. The van der Waals surface area contributed by atoms with Gasteiger partial charge in [-0.1, -0.05) is 30.3 Å². The summed E-state index contributed by atoms with van der Waals surface area (Å²) in [6.45, 7) is 10.3. The van der Waals surface area contributed by atoms with Crippen molar-refractivity contribution < 1.29 is 24.2 Å². The van der Waals surface area contributed by atoms with Gasteiger partial charge in [-0.15, -0.1) is 11.3 Å². The number of nitrogens with zero attached hydrogens (tertiary/aromatic N) is 6. The summed E-state index contributed by atoms with van der Waals surface area (Å²) < 4.78 is 6.29. The molecule has 3 aliphatic heterocycles. The number of nitriles is 1. The summed E-state index contributed by atoms with van der Waals surface area (Å²) >= 11 is 1.64. The van der Waals surface area contributed by atoms with E-state index in [9.17, 15) is 25.1 Å². The normalized spacial score (nSPS) is 20.5. The Morgan fingerprint density at radius 1 is 1.02 bits per heavy atom. The first kappa shape index (κ1) is 34.2. The molecule has 3 aliphatic rings. The number of hydrogen-bond acceptors (Lipinski definition) is 10. The van der Waals surface area contributed by atoms with Crippen molar-refractivity contribution in [2.45, 2.75) is 59.4 Å². The second kappa shape index (κ2) is 13.2. The topological polar surface area (TPSA) is 147 Å². The van der Waals surface area contributed by atoms with Gasteiger partial charge in [0.1, 0.15) is 16.6 Å². The molecule has 0 radical (unpaired) electrons. The molecule has 5 aromatic rings. The van der Waals surface area contributed by atoms with E-state index in [0.717, 1.165) is 61.1 Å². The highest BCUT2D eigenvalue weighted by Gasteiger charge is 2.40. The zero-order valence-corrected chi connectivity index (χ0v) is 30.3. The van der Waals surface area contributed by atoms with Crippen molar-refractivity contribution >= 4 is 34.3 Å². The van der Waals surface area contributed by atoms with Crippen LogP contribution in [-0.4, -0.2) is 85.6 Å². The Bertz CT molecular complexity index is 2270. The average molecular weight is 717 g/mol. The zero-order valence-electron chi connectivity index (χ0n) is 29.5. The second-order valence-corrected chi connectivity index (χ2v) is 15.8. The lowest BCUT2D eigenvalue weighted by Gasteiger charge is -2.20. The fourth-order valence-electron chi connectivity index (χ4n) is 7.90. The Kier molecular flexibility index (Phi) is 8.70. The molecule has 11 nitrogen and oxygen atoms in total. The highest BCUT2D eigenvalue weighted by atomic mass is 32.1. The standard InChI is InChI=1S/C40H40N6O5S/c1-23-28(29-7-5-9-31(24(29)2)38-43-33-19-46(20-34(33)52-38)35(48)21-44-12-10-27(47)18-44)6-4-8-30(23)37-42-32-15-25(14-26(16-41)36(32)51-37)17-45-13-11-40(3,22-45)39(49)50/h4-9,14-15,27,47H,10-13,17-22H2,1-3H3,(H,49,50)/t27-,40+/m0/s1. The number of hydrogen-bond donors (Lipinski definition) is 2. The lowest BCUT2D eigenvalue weighted by Crippen LogP contribution is -2.37. The minimum Gasteiger partial charge on any atom is -0.481 e. The highest BCUT2D eigenvalue weighted by Crippen LogP contribution is 2.41. The van der Waals surface area contributed by atoms with E-state index in [0.29, 0.717) is 81.2 Å². The molecule has 2 atom stereocenters. The maximum atomic E-state index is 13.0. The molecule has 8 rings (SSSR count). The van der Waals surface area contributed by atoms with Crippen molar-refractivity contribution in [1.82, 2.24) is 24.7 Å². The van der Waals surface area contributed by atoms with E-state index < -0.39 is 11.4 Å². The van der Waals surface area contributed by atoms with Crippen molar-refractivity contribution in [1.29, 1.82) is 5.26 Å². The highest BCUT2D eigenvalue weighted by molar-refractivity contribution is 7.15. The molecule has 0 aliphatic carbocycles. The van der Waals surface area contributed by atoms with Crippen molar-refractivity contribution in [3.8, 4) is 39.2 Å². The van der Waals surface area contributed by atoms with Gasteiger partial charge in [0.2, 0.25) is 11.8 Å². The lowest BCUT2D eigenvalue weighted by molar-refractivity contribution is -0.147. The number of β-amino-alcohol motifs (C(OH)–C–C–N with tert-alkyl or cyclic N) is 1. The first-order chi connectivity index (χ1) is 25.0. The van der Waals surface area contributed by atoms with Crippen molar-refractivity contribution in [3.63, 3.8) is 0 Å². The van der Waals surface area contributed by atoms with Crippen LogP contribution in [0.5, 0.6) is 0 Å². The summed E-state index contributed by atoms with van der Waals surface area (Å²) in [6.07, 6.45) is 0.956. The van der Waals surface area contributed by atoms with Crippen LogP contribution in [0.25, 0.3) is 44.3 Å². The number of carboxylic acids is 1. The summed E-state index contributed by atoms with van der Waals surface area (Å²) in [5, 5.41) is 30.5. The van der Waals surface area contributed by atoms with Gasteiger partial charge in [0.15, 0.2) is 5.58 Å². The summed E-state index contributed by atoms with van der Waals surface area (Å²) in [5.41, 5.74) is 8.63. The van der Waals surface area contributed by atoms with E-state index in [1.165, 1.54) is 0 Å². The Balaban J connectivity index is 1.04. The van der Waals surface area contributed by atoms with Gasteiger partial charge in [0.25, 0.3) is 0 Å². The van der Waals surface area contributed by atoms with Crippen LogP contribution in [0.15, 0.2) is 52.9 Å². The minimum atomic E-state index is -0.784. The van der Waals surface area contributed by atoms with Gasteiger partial charge >= 0.3 is 5.97 Å². The number of carbonyl (C=O) groups is 2. The van der Waals surface area contributed by atoms with Gasteiger partial charge in [-0.3, -0.25) is 19.4 Å². The third-order valence-electron chi connectivity index (χ3n) is 11.0. The van der Waals surface area contributed by atoms with Gasteiger partial charge in [-0.05, 0) is 86.2 Å². The molecule has 0 saturated carbocycles. The number of aliphatic hydroxyl groups excluding tert-OH is 1. The van der Waals surface area contributed by atoms with E-state index in [-0.39, 0.29) is 12.0 Å². The van der Waals surface area contributed by atoms with Crippen LogP contribution in [0.4, 0.5) is 0 Å². The molecule has 5 heterocycles. The van der Waals surface area contributed by atoms with Crippen LogP contribution in [0, 0.1) is 30.6 Å². The van der Waals surface area contributed by atoms with Crippen LogP contribution in [0.3, 0.4) is 0 Å². The molecule has 0 bridgehead atoms. The SMILES string of the molecule is Cc1c(-c2nc3cc(CN4CC[C@@](C)(C(=O)O)C4)cc(C#N)c3o2)cccc1-c1cccc(-c2nc3c(s2)CN(C(=O)CN2CC[C@H](O)C2)C3)c1C. The van der Waals surface area contributed by atoms with Crippen LogP contribution in [0.1, 0.15) is 52.6 Å². The second-order valence-electron chi connectivity index (χ2n) is 14.7. The fraction of sp³-hybridized carbons (Fsp3) is 0.375. The lowest BCUT2D eigenvalue weighted by atomic mass is 9.90. The number of benzene rings is 3. The number of likely N-dealkylation sites (tertiary alicyclic amines) is 2. The summed E-state index contributed by atoms with van der Waals surface area (Å²) in [4.78, 5) is 41.7. The first-order valence-corrected chi connectivity index (χ1v) is 18.5. The number of fused-ring (bicyclic) bond motifs is 2. The molecule has 2 fully saturated rings. The van der Waals surface area contributed by atoms with Gasteiger partial charge < -0.3 is 19.5 Å². The van der Waals surface area contributed by atoms with Crippen LogP contribution in [-0.2, 0) is 29.2 Å². The number of aliphatic carboxylic acids is 1. The first-order valence-electron chi connectivity index (χ1n) is 17.7. The summed E-state index contributed by atoms with van der Waals surface area (Å²) in [7, 11) is 0. The van der Waals surface area contributed by atoms with Gasteiger partial charge in [-0.25, -0.2) is 9.97 Å². The third kappa shape index (κ3) is 6.17. The number of oxazole rings is 1. The molecule has 266 valence electrons. The third-order valence-corrected chi connectivity index (χ3v) is 12.1. The quantitative estimate of drug-likeness (QED) is 0.197. The zero-order chi connectivity index (χ0) is 36.3. The molecule has 12 heteroatoms. The van der Waals surface area contributed by atoms with Crippen LogP contribution < -0.4 is 0 Å². The predicted octanol–water partition coefficient (Wildman–Crippen LogP) is 5.98. The molecule has 2 N–H and O–H groups in total. The number of amides is 1. The van der Waals surface area contributed by atoms with Gasteiger partial charge in [-0.2, -0.15) is 5.26 Å². The summed E-state index contributed by atoms with van der Waals surface area (Å²) in [5.74, 6) is -0.273. The van der Waals surface area contributed by atoms with Gasteiger partial charge in [0, 0.05) is 42.2 Å². The van der Waals surface area contributed by atoms with Crippen molar-refractivity contribution in [3.05, 3.63) is 81.4 Å². The van der Waals surface area contributed by atoms with Crippen molar-refractivity contribution in [2.75, 3.05) is 32.7 Å². The van der Waals surface area contributed by atoms with Gasteiger partial charge in [0.05, 0.1) is 42.4 Å². The number of carbonyl (C=O) groups excluding carboxylic acids is 1. The predicted molar refractivity (Wildman–Crippen MR) is 197 cm³/mol. The molecule has 52 heavy (non-hydrogen) atoms. The molecule has 2 aromatic heterocycles. The molecule has 3 aromatic carbocycles. The van der Waals surface area contributed by atoms with E-state index in [1.807, 2.05) is 34.1 Å². The molecular weight excluding hydrogens is 677 g/mol. The molecule has 2 saturated heterocycles. The van der Waals surface area contributed by atoms with Crippen molar-refractivity contribution in [2.24, 2.45) is 5.41 Å². The Morgan fingerprint density at radius 3 is 2.42 bits per heavy atom.